The van der Waals surface area contributed by atoms with Crippen molar-refractivity contribution in [3.05, 3.63) is 73.3 Å². The Kier molecular flexibility index (Phi) is 10.8. The van der Waals surface area contributed by atoms with Crippen LogP contribution in [0.3, 0.4) is 0 Å². The van der Waals surface area contributed by atoms with Crippen molar-refractivity contribution >= 4 is 17.7 Å². The average molecular weight is 290 g/mol. The highest BCUT2D eigenvalue weighted by Crippen LogP contribution is 2.26. The van der Waals surface area contributed by atoms with Crippen LogP contribution >= 0.6 is 11.8 Å². The molecule has 20 heavy (non-hydrogen) atoms. The van der Waals surface area contributed by atoms with E-state index in [1.54, 1.807) is 11.8 Å². The summed E-state index contributed by atoms with van der Waals surface area (Å²) in [6, 6.07) is 20.8. The van der Waals surface area contributed by atoms with Gasteiger partial charge < -0.3 is 10.2 Å². The highest BCUT2D eigenvalue weighted by molar-refractivity contribution is 7.99. The topological polar surface area (TPSA) is 57.5 Å². The first kappa shape index (κ1) is 18.0. The van der Waals surface area contributed by atoms with Crippen LogP contribution in [-0.4, -0.2) is 23.3 Å². The van der Waals surface area contributed by atoms with E-state index in [0.29, 0.717) is 0 Å². The van der Waals surface area contributed by atoms with E-state index in [4.69, 9.17) is 10.2 Å². The van der Waals surface area contributed by atoms with Gasteiger partial charge in [-0.15, -0.1) is 0 Å². The summed E-state index contributed by atoms with van der Waals surface area (Å²) in [5.74, 6) is -0.981. The Morgan fingerprint density at radius 2 is 1.25 bits per heavy atom. The van der Waals surface area contributed by atoms with E-state index >= 15 is 0 Å². The number of aliphatic carboxylic acids is 1. The number of hydrogen-bond donors (Lipinski definition) is 2. The summed E-state index contributed by atoms with van der Waals surface area (Å²) >= 11 is 1.79. The van der Waals surface area contributed by atoms with Gasteiger partial charge >= 0.3 is 5.97 Å². The second-order valence-corrected chi connectivity index (χ2v) is 4.42. The fourth-order valence-corrected chi connectivity index (χ4v) is 1.97. The highest BCUT2D eigenvalue weighted by Gasteiger charge is 1.93. The molecule has 0 aromatic heterocycles. The fourth-order valence-electron chi connectivity index (χ4n) is 1.11. The van der Waals surface area contributed by atoms with Crippen LogP contribution in [0.5, 0.6) is 0 Å². The molecule has 0 aliphatic carbocycles. The molecule has 0 fully saturated rings. The Morgan fingerprint density at radius 3 is 1.50 bits per heavy atom. The summed E-state index contributed by atoms with van der Waals surface area (Å²) in [5.41, 5.74) is 0. The predicted octanol–water partition coefficient (Wildman–Crippen LogP) is 3.70. The number of aliphatic hydroxyl groups excluding tert-OH is 1. The summed E-state index contributed by atoms with van der Waals surface area (Å²) in [5, 5.41) is 14.6. The van der Waals surface area contributed by atoms with E-state index in [2.05, 4.69) is 55.1 Å². The number of hydrogen-bond acceptors (Lipinski definition) is 3. The van der Waals surface area contributed by atoms with Gasteiger partial charge in [0, 0.05) is 23.0 Å². The van der Waals surface area contributed by atoms with Crippen molar-refractivity contribution in [1.82, 2.24) is 0 Å². The molecule has 0 radical (unpaired) electrons. The molecule has 0 unspecified atom stereocenters. The normalized spacial score (nSPS) is 8.30. The first-order chi connectivity index (χ1) is 9.72. The van der Waals surface area contributed by atoms with Gasteiger partial charge in [0.2, 0.25) is 0 Å². The molecule has 4 heteroatoms. The summed E-state index contributed by atoms with van der Waals surface area (Å²) in [7, 11) is 1.00. The summed E-state index contributed by atoms with van der Waals surface area (Å²) in [4.78, 5) is 11.8. The first-order valence-corrected chi connectivity index (χ1v) is 6.62. The monoisotopic (exact) mass is 290 g/mol. The zero-order valence-electron chi connectivity index (χ0n) is 11.3. The maximum absolute atomic E-state index is 9.25. The lowest BCUT2D eigenvalue weighted by Crippen LogP contribution is -1.82. The molecular formula is C16H18O3S. The lowest BCUT2D eigenvalue weighted by atomic mass is 10.4. The van der Waals surface area contributed by atoms with Gasteiger partial charge in [0.15, 0.2) is 0 Å². The van der Waals surface area contributed by atoms with Crippen molar-refractivity contribution in [2.75, 3.05) is 7.11 Å². The van der Waals surface area contributed by atoms with E-state index in [1.807, 2.05) is 12.1 Å². The molecule has 0 aliphatic rings. The number of carbonyl (C=O) groups is 1. The van der Waals surface area contributed by atoms with Crippen molar-refractivity contribution in [3.63, 3.8) is 0 Å². The molecule has 2 N–H and O–H groups in total. The SMILES string of the molecule is C=CC(=O)O.CO.c1ccc(Sc2ccccc2)cc1. The van der Waals surface area contributed by atoms with Crippen molar-refractivity contribution in [1.29, 1.82) is 0 Å². The minimum absolute atomic E-state index is 0.833. The molecule has 0 bridgehead atoms. The Balaban J connectivity index is 0.000000441. The molecule has 0 saturated carbocycles. The van der Waals surface area contributed by atoms with Gasteiger partial charge in [-0.2, -0.15) is 0 Å². The number of aliphatic hydroxyl groups is 1. The minimum Gasteiger partial charge on any atom is -0.478 e. The van der Waals surface area contributed by atoms with Crippen LogP contribution < -0.4 is 0 Å². The Bertz CT molecular complexity index is 446. The lowest BCUT2D eigenvalue weighted by molar-refractivity contribution is -0.131. The van der Waals surface area contributed by atoms with Gasteiger partial charge in [-0.05, 0) is 24.3 Å². The maximum Gasteiger partial charge on any atom is 0.327 e. The molecular weight excluding hydrogens is 272 g/mol. The smallest absolute Gasteiger partial charge is 0.327 e. The van der Waals surface area contributed by atoms with Crippen LogP contribution in [-0.2, 0) is 4.79 Å². The molecule has 0 atom stereocenters. The largest absolute Gasteiger partial charge is 0.478 e. The number of rotatable bonds is 3. The van der Waals surface area contributed by atoms with Gasteiger partial charge in [0.05, 0.1) is 0 Å². The first-order valence-electron chi connectivity index (χ1n) is 5.80. The van der Waals surface area contributed by atoms with Crippen LogP contribution in [0.1, 0.15) is 0 Å². The van der Waals surface area contributed by atoms with E-state index in [9.17, 15) is 4.79 Å². The molecule has 3 nitrogen and oxygen atoms in total. The van der Waals surface area contributed by atoms with E-state index in [1.165, 1.54) is 9.79 Å². The molecule has 2 rings (SSSR count). The third kappa shape index (κ3) is 8.97. The number of carboxylic acid groups (broad SMARTS) is 1. The van der Waals surface area contributed by atoms with Gasteiger partial charge in [0.1, 0.15) is 0 Å². The van der Waals surface area contributed by atoms with Crippen LogP contribution in [0, 0.1) is 0 Å². The van der Waals surface area contributed by atoms with Crippen molar-refractivity contribution in [2.24, 2.45) is 0 Å². The van der Waals surface area contributed by atoms with Gasteiger partial charge in [-0.1, -0.05) is 54.7 Å². The summed E-state index contributed by atoms with van der Waals surface area (Å²) < 4.78 is 0. The highest BCUT2D eigenvalue weighted by atomic mass is 32.2. The Labute approximate surface area is 123 Å². The summed E-state index contributed by atoms with van der Waals surface area (Å²) in [6.07, 6.45) is 0.833. The molecule has 0 heterocycles. The Morgan fingerprint density at radius 1 is 0.950 bits per heavy atom. The number of carboxylic acids is 1. The summed E-state index contributed by atoms with van der Waals surface area (Å²) in [6.45, 7) is 2.96. The lowest BCUT2D eigenvalue weighted by Gasteiger charge is -1.99. The van der Waals surface area contributed by atoms with Crippen molar-refractivity contribution in [2.45, 2.75) is 9.79 Å². The average Bonchev–Trinajstić information content (AvgIpc) is 2.52. The zero-order valence-corrected chi connectivity index (χ0v) is 12.1. The van der Waals surface area contributed by atoms with E-state index in [0.717, 1.165) is 13.2 Å². The van der Waals surface area contributed by atoms with Crippen molar-refractivity contribution in [3.8, 4) is 0 Å². The Hall–Kier alpha value is -2.04. The van der Waals surface area contributed by atoms with Crippen LogP contribution in [0.15, 0.2) is 83.1 Å². The molecule has 0 amide bonds. The quantitative estimate of drug-likeness (QED) is 0.846. The van der Waals surface area contributed by atoms with Crippen LogP contribution in [0.4, 0.5) is 0 Å². The van der Waals surface area contributed by atoms with Crippen molar-refractivity contribution < 1.29 is 15.0 Å². The van der Waals surface area contributed by atoms with E-state index < -0.39 is 5.97 Å². The minimum atomic E-state index is -0.981. The number of benzene rings is 2. The fraction of sp³-hybridized carbons (Fsp3) is 0.0625. The van der Waals surface area contributed by atoms with Crippen LogP contribution in [0.2, 0.25) is 0 Å². The predicted molar refractivity (Wildman–Crippen MR) is 83.0 cm³/mol. The molecule has 106 valence electrons. The molecule has 0 spiro atoms. The zero-order chi connectivity index (χ0) is 15.2. The molecule has 0 saturated heterocycles. The molecule has 2 aromatic carbocycles. The van der Waals surface area contributed by atoms with E-state index in [-0.39, 0.29) is 0 Å². The standard InChI is InChI=1S/C12H10S.C3H4O2.CH4O/c1-3-7-11(8-4-1)13-12-9-5-2-6-10-12;1-2-3(4)5;1-2/h1-10H;2H,1H2,(H,4,5);2H,1H3. The second kappa shape index (κ2) is 12.0. The third-order valence-corrected chi connectivity index (χ3v) is 2.91. The third-order valence-electron chi connectivity index (χ3n) is 1.90. The van der Waals surface area contributed by atoms with Crippen LogP contribution in [0.25, 0.3) is 0 Å². The van der Waals surface area contributed by atoms with Gasteiger partial charge in [-0.25, -0.2) is 4.79 Å². The van der Waals surface area contributed by atoms with Gasteiger partial charge in [0.25, 0.3) is 0 Å². The molecule has 0 aliphatic heterocycles. The second-order valence-electron chi connectivity index (χ2n) is 3.27. The van der Waals surface area contributed by atoms with Gasteiger partial charge in [-0.3, -0.25) is 0 Å². The maximum atomic E-state index is 9.25. The molecule has 2 aromatic rings.